The lowest BCUT2D eigenvalue weighted by atomic mass is 9.60. The number of ether oxygens (including phenoxy) is 2. The molecular formula is C47H90N6O6. The third-order valence-corrected chi connectivity index (χ3v) is 15.0. The van der Waals surface area contributed by atoms with E-state index in [0.29, 0.717) is 26.2 Å². The van der Waals surface area contributed by atoms with Crippen molar-refractivity contribution in [3.8, 4) is 0 Å². The molecule has 0 aromatic rings. The Bertz CT molecular complexity index is 1260. The molecule has 2 amide bonds. The molecule has 0 heterocycles. The Morgan fingerprint density at radius 1 is 0.475 bits per heavy atom. The summed E-state index contributed by atoms with van der Waals surface area (Å²) in [5.74, 6) is 0. The molecule has 0 aromatic heterocycles. The van der Waals surface area contributed by atoms with Crippen LogP contribution in [-0.4, -0.2) is 108 Å². The summed E-state index contributed by atoms with van der Waals surface area (Å²) in [7, 11) is 0. The molecule has 12 nitrogen and oxygen atoms in total. The van der Waals surface area contributed by atoms with Crippen LogP contribution >= 0.6 is 0 Å². The van der Waals surface area contributed by atoms with E-state index in [-0.39, 0.29) is 87.1 Å². The number of nitrogens with zero attached hydrogens (tertiary/aromatic N) is 2. The second kappa shape index (κ2) is 18.2. The van der Waals surface area contributed by atoms with Crippen molar-refractivity contribution in [1.29, 1.82) is 0 Å². The van der Waals surface area contributed by atoms with Gasteiger partial charge in [0.1, 0.15) is 13.2 Å². The van der Waals surface area contributed by atoms with E-state index >= 15 is 0 Å². The summed E-state index contributed by atoms with van der Waals surface area (Å²) in [6.07, 6.45) is 6.95. The lowest BCUT2D eigenvalue weighted by molar-refractivity contribution is -0.0532. The van der Waals surface area contributed by atoms with Crippen molar-refractivity contribution in [3.05, 3.63) is 0 Å². The van der Waals surface area contributed by atoms with Gasteiger partial charge in [-0.3, -0.25) is 0 Å². The van der Waals surface area contributed by atoms with Crippen LogP contribution < -0.4 is 22.9 Å². The van der Waals surface area contributed by atoms with Crippen molar-refractivity contribution < 1.29 is 29.3 Å². The summed E-state index contributed by atoms with van der Waals surface area (Å²) in [4.78, 5) is 32.6. The highest BCUT2D eigenvalue weighted by molar-refractivity contribution is 5.69. The fraction of sp³-hybridized carbons (Fsp3) is 0.957. The van der Waals surface area contributed by atoms with Crippen LogP contribution in [0.3, 0.4) is 0 Å². The molecule has 0 spiro atoms. The Morgan fingerprint density at radius 3 is 0.898 bits per heavy atom. The minimum atomic E-state index is -1.16. The third-order valence-electron chi connectivity index (χ3n) is 15.0. The normalized spacial score (nSPS) is 37.5. The van der Waals surface area contributed by atoms with Crippen molar-refractivity contribution in [1.82, 2.24) is 9.80 Å². The summed E-state index contributed by atoms with van der Waals surface area (Å²) in [5.41, 5.74) is 24.9. The summed E-state index contributed by atoms with van der Waals surface area (Å²) >= 11 is 0. The molecule has 12 heteroatoms. The van der Waals surface area contributed by atoms with Crippen LogP contribution in [0.4, 0.5) is 9.59 Å². The molecule has 4 fully saturated rings. The van der Waals surface area contributed by atoms with E-state index in [9.17, 15) is 19.8 Å². The Morgan fingerprint density at radius 2 is 0.695 bits per heavy atom. The lowest BCUT2D eigenvalue weighted by Gasteiger charge is -2.54. The molecule has 0 radical (unpaired) electrons. The molecule has 0 aromatic carbocycles. The van der Waals surface area contributed by atoms with Gasteiger partial charge in [-0.05, 0) is 147 Å². The highest BCUT2D eigenvalue weighted by Crippen LogP contribution is 2.53. The first kappa shape index (κ1) is 50.0. The standard InChI is InChI=1S/C47H90N6O6/c1-40(2)14-32(18-44(9,24-40)28-48)52(33-15-41(3,4)25-45(10,19-33)29-49)38(56)58-22-36(54)13-37(55)23-59-39(57)53(34-16-42(5,6)26-46(11,20-34)30-50)35-17-43(7,8)27-47(12,21-35)31-51/h32-37,54-55H,13-31,48-51H2,1-12H3. The van der Waals surface area contributed by atoms with Gasteiger partial charge in [-0.1, -0.05) is 83.1 Å². The first-order valence-electron chi connectivity index (χ1n) is 23.0. The number of nitrogens with two attached hydrogens (primary N) is 4. The van der Waals surface area contributed by atoms with Crippen molar-refractivity contribution in [2.75, 3.05) is 39.4 Å². The second-order valence-electron chi connectivity index (χ2n) is 25.2. The van der Waals surface area contributed by atoms with Gasteiger partial charge in [0.25, 0.3) is 0 Å². The molecule has 10 atom stereocenters. The van der Waals surface area contributed by atoms with Crippen molar-refractivity contribution in [3.63, 3.8) is 0 Å². The summed E-state index contributed by atoms with van der Waals surface area (Å²) < 4.78 is 11.9. The summed E-state index contributed by atoms with van der Waals surface area (Å²) in [5, 5.41) is 22.4. The maximum Gasteiger partial charge on any atom is 0.410 e. The molecular weight excluding hydrogens is 745 g/mol. The molecule has 4 aliphatic carbocycles. The quantitative estimate of drug-likeness (QED) is 0.104. The number of hydrogen-bond acceptors (Lipinski definition) is 10. The molecule has 0 bridgehead atoms. The zero-order valence-electron chi connectivity index (χ0n) is 39.6. The number of amides is 2. The molecule has 0 aliphatic heterocycles. The minimum absolute atomic E-state index is 0.0257. The third kappa shape index (κ3) is 13.2. The second-order valence-corrected chi connectivity index (χ2v) is 25.2. The van der Waals surface area contributed by atoms with Crippen molar-refractivity contribution >= 4 is 12.2 Å². The zero-order chi connectivity index (χ0) is 44.6. The van der Waals surface area contributed by atoms with Crippen LogP contribution in [0, 0.1) is 43.3 Å². The van der Waals surface area contributed by atoms with Gasteiger partial charge in [0.05, 0.1) is 12.2 Å². The molecule has 59 heavy (non-hydrogen) atoms. The van der Waals surface area contributed by atoms with Gasteiger partial charge >= 0.3 is 12.2 Å². The lowest BCUT2D eigenvalue weighted by Crippen LogP contribution is -2.58. The average Bonchev–Trinajstić information content (AvgIpc) is 3.07. The minimum Gasteiger partial charge on any atom is -0.447 e. The highest BCUT2D eigenvalue weighted by atomic mass is 16.6. The Hall–Kier alpha value is -1.70. The van der Waals surface area contributed by atoms with E-state index in [4.69, 9.17) is 32.4 Å². The zero-order valence-corrected chi connectivity index (χ0v) is 39.6. The van der Waals surface area contributed by atoms with Crippen molar-refractivity contribution in [2.45, 2.75) is 203 Å². The van der Waals surface area contributed by atoms with Crippen LogP contribution in [0.15, 0.2) is 0 Å². The predicted molar refractivity (Wildman–Crippen MR) is 237 cm³/mol. The summed E-state index contributed by atoms with van der Waals surface area (Å²) in [6.45, 7) is 28.4. The number of aliphatic hydroxyl groups excluding tert-OH is 2. The summed E-state index contributed by atoms with van der Waals surface area (Å²) in [6, 6.07) is -0.331. The van der Waals surface area contributed by atoms with Crippen LogP contribution in [-0.2, 0) is 9.47 Å². The fourth-order valence-electron chi connectivity index (χ4n) is 13.8. The van der Waals surface area contributed by atoms with E-state index < -0.39 is 24.4 Å². The number of carbonyl (C=O) groups is 2. The Labute approximate surface area is 359 Å². The first-order chi connectivity index (χ1) is 26.9. The molecule has 4 saturated carbocycles. The van der Waals surface area contributed by atoms with E-state index in [1.165, 1.54) is 0 Å². The van der Waals surface area contributed by atoms with Gasteiger partial charge < -0.3 is 52.4 Å². The molecule has 4 aliphatic rings. The SMILES string of the molecule is CC1(C)CC(N(C(=O)OCC(O)CC(O)COC(=O)N(C2CC(C)(C)CC(C)(CN)C2)C2CC(C)(C)CC(C)(CN)C2)C2CC(C)(C)CC(C)(CN)C2)CC(C)(CN)C1. The van der Waals surface area contributed by atoms with Gasteiger partial charge in [-0.25, -0.2) is 9.59 Å². The highest BCUT2D eigenvalue weighted by Gasteiger charge is 2.52. The average molecular weight is 835 g/mol. The number of hydrogen-bond donors (Lipinski definition) is 6. The number of carbonyl (C=O) groups excluding carboxylic acids is 2. The number of aliphatic hydroxyl groups is 2. The Kier molecular flexibility index (Phi) is 15.4. The predicted octanol–water partition coefficient (Wildman–Crippen LogP) is 7.15. The van der Waals surface area contributed by atoms with E-state index in [1.54, 1.807) is 0 Å². The Balaban J connectivity index is 1.47. The largest absolute Gasteiger partial charge is 0.447 e. The maximum absolute atomic E-state index is 14.3. The molecule has 4 rings (SSSR count). The number of rotatable bonds is 14. The molecule has 0 saturated heterocycles. The first-order valence-corrected chi connectivity index (χ1v) is 23.0. The maximum atomic E-state index is 14.3. The van der Waals surface area contributed by atoms with Gasteiger partial charge in [0, 0.05) is 30.6 Å². The van der Waals surface area contributed by atoms with Crippen LogP contribution in [0.1, 0.15) is 167 Å². The molecule has 10 N–H and O–H groups in total. The van der Waals surface area contributed by atoms with Crippen LogP contribution in [0.2, 0.25) is 0 Å². The van der Waals surface area contributed by atoms with Crippen molar-refractivity contribution in [2.24, 2.45) is 66.3 Å². The van der Waals surface area contributed by atoms with Gasteiger partial charge in [0.15, 0.2) is 0 Å². The van der Waals surface area contributed by atoms with E-state index in [1.807, 2.05) is 9.80 Å². The smallest absolute Gasteiger partial charge is 0.410 e. The van der Waals surface area contributed by atoms with Gasteiger partial charge in [-0.15, -0.1) is 0 Å². The monoisotopic (exact) mass is 835 g/mol. The van der Waals surface area contributed by atoms with Crippen LogP contribution in [0.25, 0.3) is 0 Å². The fourth-order valence-corrected chi connectivity index (χ4v) is 13.8. The molecule has 10 unspecified atom stereocenters. The van der Waals surface area contributed by atoms with E-state index in [2.05, 4.69) is 83.1 Å². The van der Waals surface area contributed by atoms with Gasteiger partial charge in [0.2, 0.25) is 0 Å². The molecule has 344 valence electrons. The van der Waals surface area contributed by atoms with Gasteiger partial charge in [-0.2, -0.15) is 0 Å². The van der Waals surface area contributed by atoms with Crippen LogP contribution in [0.5, 0.6) is 0 Å². The topological polar surface area (TPSA) is 204 Å². The van der Waals surface area contributed by atoms with E-state index in [0.717, 1.165) is 77.0 Å².